The lowest BCUT2D eigenvalue weighted by atomic mass is 10.1. The molecule has 5 nitrogen and oxygen atoms in total. The molecular weight excluding hydrogens is 218 g/mol. The number of phenols is 1. The molecule has 0 radical (unpaired) electrons. The molecular formula is C12H15N3O2. The Morgan fingerprint density at radius 3 is 2.82 bits per heavy atom. The highest BCUT2D eigenvalue weighted by molar-refractivity contribution is 5.39. The SMILES string of the molecule is Cc1noc(CNCc2cccc(C)c2O)n1. The molecule has 0 bridgehead atoms. The first-order valence-corrected chi connectivity index (χ1v) is 5.44. The fourth-order valence-electron chi connectivity index (χ4n) is 1.58. The van der Waals surface area contributed by atoms with E-state index in [-0.39, 0.29) is 0 Å². The minimum absolute atomic E-state index is 0.335. The molecule has 0 spiro atoms. The molecule has 90 valence electrons. The van der Waals surface area contributed by atoms with Crippen molar-refractivity contribution < 1.29 is 9.63 Å². The Morgan fingerprint density at radius 2 is 2.12 bits per heavy atom. The van der Waals surface area contributed by atoms with Crippen LogP contribution in [0.3, 0.4) is 0 Å². The van der Waals surface area contributed by atoms with Crippen molar-refractivity contribution in [3.63, 3.8) is 0 Å². The van der Waals surface area contributed by atoms with Crippen molar-refractivity contribution in [1.82, 2.24) is 15.5 Å². The van der Waals surface area contributed by atoms with Crippen molar-refractivity contribution in [2.24, 2.45) is 0 Å². The quantitative estimate of drug-likeness (QED) is 0.840. The first-order chi connectivity index (χ1) is 8.16. The zero-order valence-electron chi connectivity index (χ0n) is 9.90. The Hall–Kier alpha value is -1.88. The van der Waals surface area contributed by atoms with E-state index in [1.165, 1.54) is 0 Å². The van der Waals surface area contributed by atoms with E-state index in [0.29, 0.717) is 30.6 Å². The van der Waals surface area contributed by atoms with Crippen LogP contribution in [0.1, 0.15) is 22.8 Å². The molecule has 0 saturated carbocycles. The van der Waals surface area contributed by atoms with Crippen molar-refractivity contribution in [2.75, 3.05) is 0 Å². The van der Waals surface area contributed by atoms with Gasteiger partial charge in [0.05, 0.1) is 6.54 Å². The van der Waals surface area contributed by atoms with Gasteiger partial charge < -0.3 is 14.9 Å². The summed E-state index contributed by atoms with van der Waals surface area (Å²) in [7, 11) is 0. The maximum absolute atomic E-state index is 9.81. The molecule has 2 rings (SSSR count). The zero-order chi connectivity index (χ0) is 12.3. The van der Waals surface area contributed by atoms with Gasteiger partial charge in [0.2, 0.25) is 5.89 Å². The Balaban J connectivity index is 1.92. The van der Waals surface area contributed by atoms with Crippen LogP contribution in [0.25, 0.3) is 0 Å². The number of benzene rings is 1. The fraction of sp³-hybridized carbons (Fsp3) is 0.333. The number of phenolic OH excluding ortho intramolecular Hbond substituents is 1. The van der Waals surface area contributed by atoms with E-state index >= 15 is 0 Å². The van der Waals surface area contributed by atoms with E-state index in [4.69, 9.17) is 4.52 Å². The molecule has 2 N–H and O–H groups in total. The Bertz CT molecular complexity index is 508. The van der Waals surface area contributed by atoms with Crippen molar-refractivity contribution in [1.29, 1.82) is 0 Å². The average Bonchev–Trinajstić information content (AvgIpc) is 2.70. The summed E-state index contributed by atoms with van der Waals surface area (Å²) >= 11 is 0. The van der Waals surface area contributed by atoms with Crippen molar-refractivity contribution >= 4 is 0 Å². The van der Waals surface area contributed by atoms with Crippen molar-refractivity contribution in [3.05, 3.63) is 41.0 Å². The van der Waals surface area contributed by atoms with Gasteiger partial charge in [-0.1, -0.05) is 23.4 Å². The second kappa shape index (κ2) is 4.97. The monoisotopic (exact) mass is 233 g/mol. The highest BCUT2D eigenvalue weighted by atomic mass is 16.5. The molecule has 2 aromatic rings. The fourth-order valence-corrected chi connectivity index (χ4v) is 1.58. The summed E-state index contributed by atoms with van der Waals surface area (Å²) in [4.78, 5) is 4.08. The Kier molecular flexibility index (Phi) is 3.39. The molecule has 1 aromatic carbocycles. The molecule has 0 aliphatic carbocycles. The van der Waals surface area contributed by atoms with Crippen LogP contribution in [0.2, 0.25) is 0 Å². The molecule has 5 heteroatoms. The van der Waals surface area contributed by atoms with Gasteiger partial charge in [-0.15, -0.1) is 0 Å². The van der Waals surface area contributed by atoms with E-state index < -0.39 is 0 Å². The lowest BCUT2D eigenvalue weighted by Crippen LogP contribution is -2.13. The molecule has 0 amide bonds. The summed E-state index contributed by atoms with van der Waals surface area (Å²) in [6, 6.07) is 5.68. The minimum atomic E-state index is 0.335. The highest BCUT2D eigenvalue weighted by Gasteiger charge is 2.05. The first kappa shape index (κ1) is 11.6. The summed E-state index contributed by atoms with van der Waals surface area (Å²) in [5, 5.41) is 16.6. The molecule has 0 unspecified atom stereocenters. The number of rotatable bonds is 4. The number of aryl methyl sites for hydroxylation is 2. The first-order valence-electron chi connectivity index (χ1n) is 5.44. The molecule has 0 aliphatic heterocycles. The summed E-state index contributed by atoms with van der Waals surface area (Å²) in [5.74, 6) is 1.51. The average molecular weight is 233 g/mol. The molecule has 0 atom stereocenters. The molecule has 0 aliphatic rings. The smallest absolute Gasteiger partial charge is 0.240 e. The van der Waals surface area contributed by atoms with Gasteiger partial charge in [0, 0.05) is 12.1 Å². The number of para-hydroxylation sites is 1. The lowest BCUT2D eigenvalue weighted by Gasteiger charge is -2.06. The largest absolute Gasteiger partial charge is 0.507 e. The van der Waals surface area contributed by atoms with E-state index in [9.17, 15) is 5.11 Å². The third-order valence-corrected chi connectivity index (χ3v) is 2.48. The van der Waals surface area contributed by atoms with Gasteiger partial charge in [-0.05, 0) is 19.4 Å². The third-order valence-electron chi connectivity index (χ3n) is 2.48. The number of hydrogen-bond acceptors (Lipinski definition) is 5. The minimum Gasteiger partial charge on any atom is -0.507 e. The molecule has 1 heterocycles. The normalized spacial score (nSPS) is 10.7. The number of hydrogen-bond donors (Lipinski definition) is 2. The third kappa shape index (κ3) is 2.82. The van der Waals surface area contributed by atoms with E-state index in [0.717, 1.165) is 11.1 Å². The van der Waals surface area contributed by atoms with Gasteiger partial charge in [-0.25, -0.2) is 0 Å². The number of nitrogens with zero attached hydrogens (tertiary/aromatic N) is 2. The lowest BCUT2D eigenvalue weighted by molar-refractivity contribution is 0.363. The van der Waals surface area contributed by atoms with E-state index in [2.05, 4.69) is 15.5 Å². The van der Waals surface area contributed by atoms with Gasteiger partial charge in [-0.3, -0.25) is 0 Å². The number of nitrogens with one attached hydrogen (secondary N) is 1. The maximum Gasteiger partial charge on any atom is 0.240 e. The number of aromatic nitrogens is 2. The van der Waals surface area contributed by atoms with Crippen LogP contribution in [0.5, 0.6) is 5.75 Å². The van der Waals surface area contributed by atoms with Crippen molar-refractivity contribution in [3.8, 4) is 5.75 Å². The standard InChI is InChI=1S/C12H15N3O2/c1-8-4-3-5-10(12(8)16)6-13-7-11-14-9(2)15-17-11/h3-5,13,16H,6-7H2,1-2H3. The predicted octanol–water partition coefficient (Wildman–Crippen LogP) is 1.68. The maximum atomic E-state index is 9.81. The molecule has 1 aromatic heterocycles. The van der Waals surface area contributed by atoms with E-state index in [1.807, 2.05) is 25.1 Å². The molecule has 0 saturated heterocycles. The van der Waals surface area contributed by atoms with Crippen LogP contribution in [-0.2, 0) is 13.1 Å². The van der Waals surface area contributed by atoms with Gasteiger partial charge >= 0.3 is 0 Å². The highest BCUT2D eigenvalue weighted by Crippen LogP contribution is 2.20. The van der Waals surface area contributed by atoms with Crippen LogP contribution < -0.4 is 5.32 Å². The van der Waals surface area contributed by atoms with Crippen LogP contribution in [0, 0.1) is 13.8 Å². The topological polar surface area (TPSA) is 71.2 Å². The van der Waals surface area contributed by atoms with Gasteiger partial charge in [0.15, 0.2) is 5.82 Å². The summed E-state index contributed by atoms with van der Waals surface area (Å²) in [6.07, 6.45) is 0. The number of aromatic hydroxyl groups is 1. The summed E-state index contributed by atoms with van der Waals surface area (Å²) in [6.45, 7) is 4.71. The Morgan fingerprint density at radius 1 is 1.29 bits per heavy atom. The second-order valence-electron chi connectivity index (χ2n) is 3.92. The Labute approximate surface area is 99.5 Å². The van der Waals surface area contributed by atoms with Gasteiger partial charge in [0.25, 0.3) is 0 Å². The molecule has 17 heavy (non-hydrogen) atoms. The van der Waals surface area contributed by atoms with Crippen LogP contribution >= 0.6 is 0 Å². The van der Waals surface area contributed by atoms with Gasteiger partial charge in [0.1, 0.15) is 5.75 Å². The zero-order valence-corrected chi connectivity index (χ0v) is 9.90. The van der Waals surface area contributed by atoms with Crippen LogP contribution in [0.15, 0.2) is 22.7 Å². The second-order valence-corrected chi connectivity index (χ2v) is 3.92. The van der Waals surface area contributed by atoms with E-state index in [1.54, 1.807) is 6.92 Å². The molecule has 0 fully saturated rings. The predicted molar refractivity (Wildman–Crippen MR) is 62.4 cm³/mol. The summed E-state index contributed by atoms with van der Waals surface area (Å²) < 4.78 is 4.97. The van der Waals surface area contributed by atoms with Crippen molar-refractivity contribution in [2.45, 2.75) is 26.9 Å². The van der Waals surface area contributed by atoms with Crippen LogP contribution in [0.4, 0.5) is 0 Å². The van der Waals surface area contributed by atoms with Gasteiger partial charge in [-0.2, -0.15) is 4.98 Å². The summed E-state index contributed by atoms with van der Waals surface area (Å²) in [5.41, 5.74) is 1.74. The van der Waals surface area contributed by atoms with Crippen LogP contribution in [-0.4, -0.2) is 15.2 Å².